The summed E-state index contributed by atoms with van der Waals surface area (Å²) in [5.41, 5.74) is 2.06. The van der Waals surface area contributed by atoms with Crippen LogP contribution in [-0.2, 0) is 16.1 Å². The molecule has 2 unspecified atom stereocenters. The lowest BCUT2D eigenvalue weighted by atomic mass is 10.1. The monoisotopic (exact) mass is 560 g/mol. The number of hydrogen-bond donors (Lipinski definition) is 0. The Kier molecular flexibility index (Phi) is 6.75. The summed E-state index contributed by atoms with van der Waals surface area (Å²) in [5.74, 6) is 1.14. The predicted octanol–water partition coefficient (Wildman–Crippen LogP) is 4.29. The number of imidazole rings is 1. The van der Waals surface area contributed by atoms with Gasteiger partial charge in [0.05, 0.1) is 31.9 Å². The zero-order valence-corrected chi connectivity index (χ0v) is 23.9. The average molecular weight is 561 g/mol. The molecule has 0 spiro atoms. The second-order valence-electron chi connectivity index (χ2n) is 11.9. The van der Waals surface area contributed by atoms with E-state index in [-0.39, 0.29) is 43.1 Å². The van der Waals surface area contributed by atoms with Crippen molar-refractivity contribution in [2.24, 2.45) is 0 Å². The van der Waals surface area contributed by atoms with Crippen molar-refractivity contribution in [1.29, 1.82) is 0 Å². The maximum atomic E-state index is 13.5. The van der Waals surface area contributed by atoms with E-state index in [1.54, 1.807) is 18.2 Å². The third kappa shape index (κ3) is 5.16. The van der Waals surface area contributed by atoms with Gasteiger partial charge in [-0.2, -0.15) is 0 Å². The molecule has 2 atom stereocenters. The molecule has 1 aromatic carbocycles. The normalized spacial score (nSPS) is 21.2. The topological polar surface area (TPSA) is 99.9 Å². The molecule has 5 heterocycles. The lowest BCUT2D eigenvalue weighted by Crippen LogP contribution is -2.56. The Balaban J connectivity index is 1.18. The van der Waals surface area contributed by atoms with Gasteiger partial charge in [0.15, 0.2) is 0 Å². The lowest BCUT2D eigenvalue weighted by Gasteiger charge is -2.42. The summed E-state index contributed by atoms with van der Waals surface area (Å²) >= 11 is 0. The Morgan fingerprint density at radius 3 is 2.41 bits per heavy atom. The number of methoxy groups -OCH3 is 1. The van der Waals surface area contributed by atoms with Gasteiger partial charge in [-0.05, 0) is 57.4 Å². The summed E-state index contributed by atoms with van der Waals surface area (Å²) in [4.78, 5) is 50.8. The number of rotatable bonds is 5. The Morgan fingerprint density at radius 2 is 1.76 bits per heavy atom. The van der Waals surface area contributed by atoms with Gasteiger partial charge in [0.1, 0.15) is 22.8 Å². The Labute approximate surface area is 239 Å². The van der Waals surface area contributed by atoms with Crippen molar-refractivity contribution >= 4 is 35.2 Å². The van der Waals surface area contributed by atoms with Crippen LogP contribution in [0.15, 0.2) is 48.8 Å². The summed E-state index contributed by atoms with van der Waals surface area (Å²) in [6.07, 6.45) is 5.52. The average Bonchev–Trinajstić information content (AvgIpc) is 3.47. The van der Waals surface area contributed by atoms with E-state index >= 15 is 0 Å². The van der Waals surface area contributed by atoms with Crippen LogP contribution < -0.4 is 14.5 Å². The first-order valence-electron chi connectivity index (χ1n) is 14.1. The summed E-state index contributed by atoms with van der Waals surface area (Å²) in [6, 6.07) is 11.2. The molecule has 3 aliphatic heterocycles. The van der Waals surface area contributed by atoms with Crippen molar-refractivity contribution in [3.63, 3.8) is 0 Å². The van der Waals surface area contributed by atoms with E-state index in [4.69, 9.17) is 9.47 Å². The zero-order valence-electron chi connectivity index (χ0n) is 23.9. The molecule has 0 N–H and O–H groups in total. The lowest BCUT2D eigenvalue weighted by molar-refractivity contribution is -0.129. The zero-order chi connectivity index (χ0) is 28.9. The van der Waals surface area contributed by atoms with Crippen LogP contribution in [0.25, 0.3) is 5.65 Å². The van der Waals surface area contributed by atoms with Gasteiger partial charge in [-0.1, -0.05) is 12.1 Å². The summed E-state index contributed by atoms with van der Waals surface area (Å²) < 4.78 is 12.8. The van der Waals surface area contributed by atoms with Crippen LogP contribution in [0.4, 0.5) is 21.1 Å². The van der Waals surface area contributed by atoms with Gasteiger partial charge in [0.2, 0.25) is 5.91 Å². The van der Waals surface area contributed by atoms with E-state index in [1.807, 2.05) is 72.7 Å². The number of benzene rings is 1. The van der Waals surface area contributed by atoms with Gasteiger partial charge in [0, 0.05) is 44.0 Å². The number of pyridine rings is 1. The molecule has 41 heavy (non-hydrogen) atoms. The molecule has 216 valence electrons. The minimum absolute atomic E-state index is 0.107. The van der Waals surface area contributed by atoms with Crippen molar-refractivity contribution in [1.82, 2.24) is 19.2 Å². The molecule has 0 radical (unpaired) electrons. The number of fused-ring (bicyclic) bond motifs is 3. The third-order valence-electron chi connectivity index (χ3n) is 8.02. The molecule has 3 aromatic rings. The first-order chi connectivity index (χ1) is 19.6. The van der Waals surface area contributed by atoms with Crippen molar-refractivity contribution in [2.75, 3.05) is 36.5 Å². The number of piperazine rings is 1. The fourth-order valence-electron chi connectivity index (χ4n) is 6.05. The van der Waals surface area contributed by atoms with Gasteiger partial charge < -0.3 is 14.4 Å². The molecule has 6 rings (SSSR count). The summed E-state index contributed by atoms with van der Waals surface area (Å²) in [5, 5.41) is 0. The Hall–Kier alpha value is -4.28. The van der Waals surface area contributed by atoms with E-state index in [2.05, 4.69) is 9.88 Å². The van der Waals surface area contributed by atoms with Crippen molar-refractivity contribution < 1.29 is 23.9 Å². The van der Waals surface area contributed by atoms with Crippen molar-refractivity contribution in [3.8, 4) is 5.75 Å². The molecular weight excluding hydrogens is 524 g/mol. The molecular formula is C30H36N6O5. The number of imide groups is 1. The second-order valence-corrected chi connectivity index (χ2v) is 11.9. The largest absolute Gasteiger partial charge is 0.497 e. The van der Waals surface area contributed by atoms with E-state index in [9.17, 15) is 14.4 Å². The number of aromatic nitrogens is 2. The molecule has 3 fully saturated rings. The van der Waals surface area contributed by atoms with Crippen LogP contribution in [-0.4, -0.2) is 81.6 Å². The highest BCUT2D eigenvalue weighted by Crippen LogP contribution is 2.35. The number of carbonyl (C=O) groups excluding carboxylic acids is 3. The molecule has 0 saturated carbocycles. The Morgan fingerprint density at radius 1 is 1.05 bits per heavy atom. The fourth-order valence-corrected chi connectivity index (χ4v) is 6.05. The van der Waals surface area contributed by atoms with Crippen LogP contribution in [0.1, 0.15) is 45.6 Å². The molecule has 11 nitrogen and oxygen atoms in total. The van der Waals surface area contributed by atoms with Crippen LogP contribution in [0.2, 0.25) is 0 Å². The van der Waals surface area contributed by atoms with E-state index in [0.717, 1.165) is 37.2 Å². The van der Waals surface area contributed by atoms with Gasteiger partial charge >= 0.3 is 12.1 Å². The predicted molar refractivity (Wildman–Crippen MR) is 153 cm³/mol. The Bertz CT molecular complexity index is 1460. The van der Waals surface area contributed by atoms with E-state index < -0.39 is 5.60 Å². The molecule has 3 saturated heterocycles. The minimum atomic E-state index is -0.521. The summed E-state index contributed by atoms with van der Waals surface area (Å²) in [6.45, 7) is 7.62. The SMILES string of the molecule is COc1ccc(CN2C(=O)CCN(c3cnc4cc(N5CC6CCC(C5)N6C(=O)OC(C)(C)C)ccn34)C2=O)cc1. The molecule has 4 amide bonds. The van der Waals surface area contributed by atoms with Gasteiger partial charge in [-0.15, -0.1) is 0 Å². The second kappa shape index (κ2) is 10.3. The number of urea groups is 1. The maximum absolute atomic E-state index is 13.5. The van der Waals surface area contributed by atoms with Crippen LogP contribution in [0.5, 0.6) is 5.75 Å². The van der Waals surface area contributed by atoms with Crippen molar-refractivity contribution in [2.45, 2.75) is 64.3 Å². The third-order valence-corrected chi connectivity index (χ3v) is 8.02. The van der Waals surface area contributed by atoms with Crippen LogP contribution >= 0.6 is 0 Å². The van der Waals surface area contributed by atoms with Crippen molar-refractivity contribution in [3.05, 3.63) is 54.4 Å². The molecule has 3 aliphatic rings. The molecule has 2 bridgehead atoms. The summed E-state index contributed by atoms with van der Waals surface area (Å²) in [7, 11) is 1.60. The van der Waals surface area contributed by atoms with Crippen LogP contribution in [0, 0.1) is 0 Å². The quantitative estimate of drug-likeness (QED) is 0.459. The maximum Gasteiger partial charge on any atom is 0.410 e. The standard InChI is InChI=1S/C30H36N6O5/c1-30(2,3)41-29(39)36-22-7-8-23(36)19-32(18-22)21-11-13-33-25(15-21)31-16-26(33)34-14-12-27(37)35(28(34)38)17-20-5-9-24(40-4)10-6-20/h5-6,9-11,13,15-16,22-23H,7-8,12,14,17-19H2,1-4H3. The first kappa shape index (κ1) is 26.9. The van der Waals surface area contributed by atoms with Gasteiger partial charge in [-0.3, -0.25) is 23.9 Å². The number of anilines is 2. The highest BCUT2D eigenvalue weighted by atomic mass is 16.6. The highest BCUT2D eigenvalue weighted by Gasteiger charge is 2.44. The fraction of sp³-hybridized carbons (Fsp3) is 0.467. The first-order valence-corrected chi connectivity index (χ1v) is 14.1. The highest BCUT2D eigenvalue weighted by molar-refractivity contribution is 6.05. The minimum Gasteiger partial charge on any atom is -0.497 e. The van der Waals surface area contributed by atoms with Crippen LogP contribution in [0.3, 0.4) is 0 Å². The molecule has 0 aliphatic carbocycles. The number of nitrogens with zero attached hydrogens (tertiary/aromatic N) is 6. The van der Waals surface area contributed by atoms with Gasteiger partial charge in [-0.25, -0.2) is 14.6 Å². The smallest absolute Gasteiger partial charge is 0.410 e. The number of hydrogen-bond acceptors (Lipinski definition) is 7. The number of ether oxygens (including phenoxy) is 2. The van der Waals surface area contributed by atoms with Gasteiger partial charge in [0.25, 0.3) is 0 Å². The molecule has 11 heteroatoms. The number of carbonyl (C=O) groups is 3. The molecule has 2 aromatic heterocycles. The number of amides is 4. The van der Waals surface area contributed by atoms with E-state index in [1.165, 1.54) is 4.90 Å². The van der Waals surface area contributed by atoms with E-state index in [0.29, 0.717) is 23.8 Å².